The Morgan fingerprint density at radius 1 is 1.42 bits per heavy atom. The molecule has 0 fully saturated rings. The van der Waals surface area contributed by atoms with Gasteiger partial charge in [0.05, 0.1) is 18.0 Å². The number of aryl methyl sites for hydroxylation is 1. The molecule has 0 unspecified atom stereocenters. The minimum Gasteiger partial charge on any atom is -0.396 e. The summed E-state index contributed by atoms with van der Waals surface area (Å²) in [6, 6.07) is 0. The van der Waals surface area contributed by atoms with Crippen molar-refractivity contribution in [2.24, 2.45) is 0 Å². The molecule has 68 valence electrons. The molecule has 0 atom stereocenters. The molecule has 3 N–H and O–H groups in total. The minimum absolute atomic E-state index is 0.0612. The van der Waals surface area contributed by atoms with Gasteiger partial charge in [-0.1, -0.05) is 0 Å². The van der Waals surface area contributed by atoms with Crippen molar-refractivity contribution in [2.45, 2.75) is 24.6 Å². The molecule has 0 saturated carbocycles. The van der Waals surface area contributed by atoms with Gasteiger partial charge in [-0.3, -0.25) is 0 Å². The number of hydrogen-bond donors (Lipinski definition) is 4. The Labute approximate surface area is 76.1 Å². The predicted molar refractivity (Wildman–Crippen MR) is 47.2 cm³/mol. The molecular weight excluding hydrogens is 176 g/mol. The van der Waals surface area contributed by atoms with Crippen molar-refractivity contribution in [3.8, 4) is 0 Å². The zero-order valence-corrected chi connectivity index (χ0v) is 7.51. The summed E-state index contributed by atoms with van der Waals surface area (Å²) in [4.78, 5) is 6.88. The monoisotopic (exact) mass is 188 g/mol. The third-order valence-electron chi connectivity index (χ3n) is 1.58. The highest BCUT2D eigenvalue weighted by Gasteiger charge is 2.06. The van der Waals surface area contributed by atoms with Crippen LogP contribution < -0.4 is 0 Å². The van der Waals surface area contributed by atoms with Crippen LogP contribution in [-0.4, -0.2) is 26.8 Å². The Balaban J connectivity index is 2.68. The number of hydrogen-bond acceptors (Lipinski definition) is 4. The van der Waals surface area contributed by atoms with E-state index in [1.54, 1.807) is 0 Å². The molecule has 1 heterocycles. The van der Waals surface area contributed by atoms with E-state index in [0.717, 1.165) is 5.69 Å². The third kappa shape index (κ3) is 2.23. The number of aliphatic hydroxyl groups excluding tert-OH is 2. The molecule has 0 bridgehead atoms. The van der Waals surface area contributed by atoms with Gasteiger partial charge in [-0.2, -0.15) is 0 Å². The van der Waals surface area contributed by atoms with Gasteiger partial charge in [0.25, 0.3) is 0 Å². The number of H-pyrrole nitrogens is 1. The van der Waals surface area contributed by atoms with Crippen molar-refractivity contribution in [1.29, 1.82) is 0 Å². The molecule has 1 aromatic rings. The van der Waals surface area contributed by atoms with Gasteiger partial charge >= 0.3 is 0 Å². The lowest BCUT2D eigenvalue weighted by Crippen LogP contribution is -1.95. The maximum absolute atomic E-state index is 8.86. The molecule has 0 saturated heterocycles. The highest BCUT2D eigenvalue weighted by molar-refractivity contribution is 7.80. The molecule has 5 heteroatoms. The maximum Gasteiger partial charge on any atom is 0.162 e. The van der Waals surface area contributed by atoms with Crippen LogP contribution in [0.2, 0.25) is 0 Å². The van der Waals surface area contributed by atoms with Crippen LogP contribution in [0.5, 0.6) is 0 Å². The number of aliphatic hydroxyl groups is 2. The van der Waals surface area contributed by atoms with E-state index in [-0.39, 0.29) is 13.2 Å². The van der Waals surface area contributed by atoms with Crippen molar-refractivity contribution >= 4 is 12.6 Å². The second kappa shape index (κ2) is 4.49. The van der Waals surface area contributed by atoms with Crippen molar-refractivity contribution in [3.63, 3.8) is 0 Å². The molecule has 12 heavy (non-hydrogen) atoms. The second-order valence-corrected chi connectivity index (χ2v) is 2.89. The average Bonchev–Trinajstić information content (AvgIpc) is 2.42. The van der Waals surface area contributed by atoms with Crippen LogP contribution in [0.25, 0.3) is 0 Å². The van der Waals surface area contributed by atoms with Gasteiger partial charge in [0.15, 0.2) is 5.16 Å². The van der Waals surface area contributed by atoms with Crippen LogP contribution in [-0.2, 0) is 13.0 Å². The summed E-state index contributed by atoms with van der Waals surface area (Å²) in [7, 11) is 0. The first-order valence-corrected chi connectivity index (χ1v) is 4.21. The molecular formula is C7H12N2O2S. The fraction of sp³-hybridized carbons (Fsp3) is 0.571. The van der Waals surface area contributed by atoms with E-state index in [1.807, 2.05) is 0 Å². The molecule has 0 aliphatic heterocycles. The van der Waals surface area contributed by atoms with Crippen LogP contribution in [0.15, 0.2) is 5.16 Å². The summed E-state index contributed by atoms with van der Waals surface area (Å²) >= 11 is 4.01. The van der Waals surface area contributed by atoms with E-state index < -0.39 is 0 Å². The van der Waals surface area contributed by atoms with E-state index in [2.05, 4.69) is 22.6 Å². The SMILES string of the molecule is OCCCc1nc(S)[nH]c1CO. The molecule has 4 nitrogen and oxygen atoms in total. The third-order valence-corrected chi connectivity index (χ3v) is 1.79. The largest absolute Gasteiger partial charge is 0.396 e. The van der Waals surface area contributed by atoms with E-state index in [1.165, 1.54) is 0 Å². The number of aromatic nitrogens is 2. The lowest BCUT2D eigenvalue weighted by Gasteiger charge is -1.96. The molecule has 1 aromatic heterocycles. The fourth-order valence-electron chi connectivity index (χ4n) is 1.01. The second-order valence-electron chi connectivity index (χ2n) is 2.47. The Morgan fingerprint density at radius 2 is 2.17 bits per heavy atom. The number of thiol groups is 1. The number of aromatic amines is 1. The van der Waals surface area contributed by atoms with E-state index in [9.17, 15) is 0 Å². The molecule has 0 spiro atoms. The Bertz CT molecular complexity index is 250. The maximum atomic E-state index is 8.86. The van der Waals surface area contributed by atoms with Crippen LogP contribution in [0, 0.1) is 0 Å². The van der Waals surface area contributed by atoms with E-state index in [0.29, 0.717) is 23.7 Å². The van der Waals surface area contributed by atoms with Gasteiger partial charge in [-0.15, -0.1) is 12.6 Å². The van der Waals surface area contributed by atoms with Crippen molar-refractivity contribution < 1.29 is 10.2 Å². The Hall–Kier alpha value is -0.520. The summed E-state index contributed by atoms with van der Waals surface area (Å²) in [5, 5.41) is 17.9. The van der Waals surface area contributed by atoms with E-state index >= 15 is 0 Å². The van der Waals surface area contributed by atoms with Gasteiger partial charge in [0.2, 0.25) is 0 Å². The zero-order valence-electron chi connectivity index (χ0n) is 6.62. The van der Waals surface area contributed by atoms with Gasteiger partial charge in [-0.05, 0) is 12.8 Å². The molecule has 0 amide bonds. The summed E-state index contributed by atoms with van der Waals surface area (Å²) in [6.45, 7) is 0.0773. The Morgan fingerprint density at radius 3 is 2.75 bits per heavy atom. The van der Waals surface area contributed by atoms with Gasteiger partial charge < -0.3 is 15.2 Å². The predicted octanol–water partition coefficient (Wildman–Crippen LogP) is 0.116. The number of imidazole rings is 1. The summed E-state index contributed by atoms with van der Waals surface area (Å²) in [5.74, 6) is 0. The molecule has 0 aliphatic rings. The average molecular weight is 188 g/mol. The number of nitrogens with zero attached hydrogens (tertiary/aromatic N) is 1. The van der Waals surface area contributed by atoms with Crippen LogP contribution >= 0.6 is 12.6 Å². The summed E-state index contributed by atoms with van der Waals surface area (Å²) in [5.41, 5.74) is 1.48. The van der Waals surface area contributed by atoms with Crippen molar-refractivity contribution in [2.75, 3.05) is 6.61 Å². The quantitative estimate of drug-likeness (QED) is 0.507. The molecule has 1 rings (SSSR count). The summed E-state index contributed by atoms with van der Waals surface area (Å²) in [6.07, 6.45) is 1.33. The first kappa shape index (κ1) is 9.57. The van der Waals surface area contributed by atoms with Crippen LogP contribution in [0.4, 0.5) is 0 Å². The molecule has 0 aromatic carbocycles. The standard InChI is InChI=1S/C7H12N2O2S/c10-3-1-2-5-6(4-11)9-7(12)8-5/h10-11H,1-4H2,(H2,8,9,12). The first-order chi connectivity index (χ1) is 5.77. The van der Waals surface area contributed by atoms with Crippen LogP contribution in [0.3, 0.4) is 0 Å². The zero-order chi connectivity index (χ0) is 8.97. The minimum atomic E-state index is -0.0612. The molecule has 0 radical (unpaired) electrons. The normalized spacial score (nSPS) is 10.6. The fourth-order valence-corrected chi connectivity index (χ4v) is 1.27. The van der Waals surface area contributed by atoms with Gasteiger partial charge in [0.1, 0.15) is 0 Å². The smallest absolute Gasteiger partial charge is 0.162 e. The van der Waals surface area contributed by atoms with Crippen LogP contribution in [0.1, 0.15) is 17.8 Å². The first-order valence-electron chi connectivity index (χ1n) is 3.76. The van der Waals surface area contributed by atoms with Crippen molar-refractivity contribution in [1.82, 2.24) is 9.97 Å². The molecule has 0 aliphatic carbocycles. The van der Waals surface area contributed by atoms with Crippen molar-refractivity contribution in [3.05, 3.63) is 11.4 Å². The van der Waals surface area contributed by atoms with Gasteiger partial charge in [0, 0.05) is 6.61 Å². The topological polar surface area (TPSA) is 69.1 Å². The number of nitrogens with one attached hydrogen (secondary N) is 1. The summed E-state index contributed by atoms with van der Waals surface area (Å²) < 4.78 is 0. The van der Waals surface area contributed by atoms with Gasteiger partial charge in [-0.25, -0.2) is 4.98 Å². The Kier molecular flexibility index (Phi) is 3.58. The lowest BCUT2D eigenvalue weighted by atomic mass is 10.2. The highest BCUT2D eigenvalue weighted by atomic mass is 32.1. The highest BCUT2D eigenvalue weighted by Crippen LogP contribution is 2.10. The van der Waals surface area contributed by atoms with E-state index in [4.69, 9.17) is 10.2 Å². The lowest BCUT2D eigenvalue weighted by molar-refractivity contribution is 0.272. The number of rotatable bonds is 4.